The third-order valence-electron chi connectivity index (χ3n) is 4.25. The Bertz CT molecular complexity index is 380. The van der Waals surface area contributed by atoms with E-state index in [9.17, 15) is 0 Å². The zero-order valence-corrected chi connectivity index (χ0v) is 13.8. The molecule has 3 unspecified atom stereocenters. The lowest BCUT2D eigenvalue weighted by atomic mass is 10.0. The summed E-state index contributed by atoms with van der Waals surface area (Å²) in [5.74, 6) is 1.36. The van der Waals surface area contributed by atoms with Crippen molar-refractivity contribution in [2.45, 2.75) is 18.9 Å². The average Bonchev–Trinajstić information content (AvgIpc) is 2.78. The highest BCUT2D eigenvalue weighted by atomic mass is 79.9. The number of nitrogens with zero attached hydrogens (tertiary/aromatic N) is 2. The predicted octanol–water partition coefficient (Wildman–Crippen LogP) is 3.05. The molecule has 0 amide bonds. The van der Waals surface area contributed by atoms with Gasteiger partial charge in [0.2, 0.25) is 0 Å². The average molecular weight is 325 g/mol. The molecule has 106 valence electrons. The predicted molar refractivity (Wildman–Crippen MR) is 86.1 cm³/mol. The van der Waals surface area contributed by atoms with E-state index in [4.69, 9.17) is 0 Å². The number of hydrogen-bond acceptors (Lipinski definition) is 2. The second-order valence-corrected chi connectivity index (χ2v) is 6.64. The van der Waals surface area contributed by atoms with E-state index < -0.39 is 0 Å². The summed E-state index contributed by atoms with van der Waals surface area (Å²) in [6, 6.07) is 11.6. The monoisotopic (exact) mass is 324 g/mol. The van der Waals surface area contributed by atoms with Crippen molar-refractivity contribution in [2.24, 2.45) is 5.92 Å². The van der Waals surface area contributed by atoms with Crippen molar-refractivity contribution in [3.8, 4) is 0 Å². The fourth-order valence-electron chi connectivity index (χ4n) is 3.15. The summed E-state index contributed by atoms with van der Waals surface area (Å²) in [5, 5.41) is 1.04. The van der Waals surface area contributed by atoms with Gasteiger partial charge in [-0.1, -0.05) is 53.2 Å². The Kier molecular flexibility index (Phi) is 5.43. The van der Waals surface area contributed by atoms with Crippen LogP contribution in [0.5, 0.6) is 0 Å². The standard InChI is InChI=1S/C16H25BrN2/c1-13-10-19(12-16(13)18(2)3)11-15(9-17)14-7-5-4-6-8-14/h4-8,13,15-16H,9-12H2,1-3H3. The van der Waals surface area contributed by atoms with Crippen LogP contribution in [-0.4, -0.2) is 54.9 Å². The second-order valence-electron chi connectivity index (χ2n) is 5.99. The van der Waals surface area contributed by atoms with Crippen LogP contribution in [0.25, 0.3) is 0 Å². The topological polar surface area (TPSA) is 6.48 Å². The lowest BCUT2D eigenvalue weighted by Gasteiger charge is -2.24. The molecule has 0 N–H and O–H groups in total. The third kappa shape index (κ3) is 3.80. The first-order chi connectivity index (χ1) is 9.11. The number of likely N-dealkylation sites (N-methyl/N-ethyl adjacent to an activating group) is 1. The molecule has 3 atom stereocenters. The Labute approximate surface area is 125 Å². The highest BCUT2D eigenvalue weighted by molar-refractivity contribution is 9.09. The Balaban J connectivity index is 1.97. The first kappa shape index (κ1) is 15.0. The Hall–Kier alpha value is -0.380. The Morgan fingerprint density at radius 3 is 2.47 bits per heavy atom. The SMILES string of the molecule is CC1CN(CC(CBr)c2ccccc2)CC1N(C)C. The van der Waals surface area contributed by atoms with E-state index in [1.165, 1.54) is 18.7 Å². The molecule has 0 spiro atoms. The van der Waals surface area contributed by atoms with Crippen LogP contribution in [0.3, 0.4) is 0 Å². The first-order valence-corrected chi connectivity index (χ1v) is 8.23. The molecule has 0 saturated carbocycles. The molecule has 19 heavy (non-hydrogen) atoms. The number of likely N-dealkylation sites (tertiary alicyclic amines) is 1. The molecule has 0 bridgehead atoms. The van der Waals surface area contributed by atoms with Gasteiger partial charge in [0.15, 0.2) is 0 Å². The summed E-state index contributed by atoms with van der Waals surface area (Å²) in [5.41, 5.74) is 1.44. The second kappa shape index (κ2) is 6.87. The van der Waals surface area contributed by atoms with Gasteiger partial charge >= 0.3 is 0 Å². The van der Waals surface area contributed by atoms with E-state index in [1.54, 1.807) is 0 Å². The summed E-state index contributed by atoms with van der Waals surface area (Å²) >= 11 is 3.68. The van der Waals surface area contributed by atoms with Gasteiger partial charge in [0, 0.05) is 36.9 Å². The van der Waals surface area contributed by atoms with Crippen molar-refractivity contribution in [3.63, 3.8) is 0 Å². The Morgan fingerprint density at radius 1 is 1.26 bits per heavy atom. The van der Waals surface area contributed by atoms with Gasteiger partial charge in [-0.05, 0) is 25.6 Å². The van der Waals surface area contributed by atoms with Crippen molar-refractivity contribution in [2.75, 3.05) is 39.1 Å². The molecule has 1 aliphatic rings. The van der Waals surface area contributed by atoms with Crippen molar-refractivity contribution in [1.29, 1.82) is 0 Å². The van der Waals surface area contributed by atoms with Gasteiger partial charge in [-0.2, -0.15) is 0 Å². The van der Waals surface area contributed by atoms with Crippen LogP contribution in [0.2, 0.25) is 0 Å². The smallest absolute Gasteiger partial charge is 0.0254 e. The quantitative estimate of drug-likeness (QED) is 0.768. The number of halogens is 1. The number of alkyl halides is 1. The molecule has 1 aromatic rings. The number of benzene rings is 1. The van der Waals surface area contributed by atoms with Crippen LogP contribution in [0.4, 0.5) is 0 Å². The molecule has 1 fully saturated rings. The molecule has 1 aliphatic heterocycles. The molecule has 2 rings (SSSR count). The van der Waals surface area contributed by atoms with Crippen LogP contribution in [0, 0.1) is 5.92 Å². The molecular weight excluding hydrogens is 300 g/mol. The van der Waals surface area contributed by atoms with Crippen LogP contribution in [0.15, 0.2) is 30.3 Å². The summed E-state index contributed by atoms with van der Waals surface area (Å²) in [6.45, 7) is 5.95. The molecule has 0 radical (unpaired) electrons. The van der Waals surface area contributed by atoms with Crippen LogP contribution < -0.4 is 0 Å². The van der Waals surface area contributed by atoms with Crippen molar-refractivity contribution in [1.82, 2.24) is 9.80 Å². The van der Waals surface area contributed by atoms with Crippen molar-refractivity contribution in [3.05, 3.63) is 35.9 Å². The summed E-state index contributed by atoms with van der Waals surface area (Å²) in [7, 11) is 4.40. The summed E-state index contributed by atoms with van der Waals surface area (Å²) < 4.78 is 0. The maximum Gasteiger partial charge on any atom is 0.0254 e. The van der Waals surface area contributed by atoms with Crippen molar-refractivity contribution >= 4 is 15.9 Å². The van der Waals surface area contributed by atoms with Crippen LogP contribution >= 0.6 is 15.9 Å². The van der Waals surface area contributed by atoms with Crippen LogP contribution in [0.1, 0.15) is 18.4 Å². The minimum absolute atomic E-state index is 0.592. The summed E-state index contributed by atoms with van der Waals surface area (Å²) in [6.07, 6.45) is 0. The van der Waals surface area contributed by atoms with E-state index in [-0.39, 0.29) is 0 Å². The van der Waals surface area contributed by atoms with E-state index in [1.807, 2.05) is 0 Å². The molecule has 0 aliphatic carbocycles. The van der Waals surface area contributed by atoms with Crippen molar-refractivity contribution < 1.29 is 0 Å². The van der Waals surface area contributed by atoms with E-state index in [0.717, 1.165) is 17.8 Å². The van der Waals surface area contributed by atoms with Gasteiger partial charge < -0.3 is 9.80 Å². The normalized spacial score (nSPS) is 25.9. The van der Waals surface area contributed by atoms with Gasteiger partial charge in [0.1, 0.15) is 0 Å². The zero-order chi connectivity index (χ0) is 13.8. The number of rotatable bonds is 5. The largest absolute Gasteiger partial charge is 0.305 e. The fourth-order valence-corrected chi connectivity index (χ4v) is 3.73. The van der Waals surface area contributed by atoms with E-state index in [2.05, 4.69) is 77.1 Å². The minimum atomic E-state index is 0.592. The molecule has 2 nitrogen and oxygen atoms in total. The fraction of sp³-hybridized carbons (Fsp3) is 0.625. The maximum absolute atomic E-state index is 3.68. The van der Waals surface area contributed by atoms with E-state index in [0.29, 0.717) is 12.0 Å². The summed E-state index contributed by atoms with van der Waals surface area (Å²) in [4.78, 5) is 4.99. The molecule has 3 heteroatoms. The molecule has 1 aromatic carbocycles. The zero-order valence-electron chi connectivity index (χ0n) is 12.2. The minimum Gasteiger partial charge on any atom is -0.305 e. The molecule has 0 aromatic heterocycles. The highest BCUT2D eigenvalue weighted by Crippen LogP contribution is 2.25. The van der Waals surface area contributed by atoms with E-state index >= 15 is 0 Å². The van der Waals surface area contributed by atoms with Gasteiger partial charge in [-0.15, -0.1) is 0 Å². The lowest BCUT2D eigenvalue weighted by Crippen LogP contribution is -2.35. The highest BCUT2D eigenvalue weighted by Gasteiger charge is 2.31. The van der Waals surface area contributed by atoms with Gasteiger partial charge in [0.25, 0.3) is 0 Å². The molecule has 1 heterocycles. The molecular formula is C16H25BrN2. The molecule has 1 saturated heterocycles. The van der Waals surface area contributed by atoms with Gasteiger partial charge in [-0.3, -0.25) is 0 Å². The van der Waals surface area contributed by atoms with Gasteiger partial charge in [0.05, 0.1) is 0 Å². The first-order valence-electron chi connectivity index (χ1n) is 7.11. The van der Waals surface area contributed by atoms with Crippen LogP contribution in [-0.2, 0) is 0 Å². The number of hydrogen-bond donors (Lipinski definition) is 0. The third-order valence-corrected chi connectivity index (χ3v) is 5.03. The maximum atomic E-state index is 3.68. The Morgan fingerprint density at radius 2 is 1.95 bits per heavy atom. The lowest BCUT2D eigenvalue weighted by molar-refractivity contribution is 0.249. The van der Waals surface area contributed by atoms with Gasteiger partial charge in [-0.25, -0.2) is 0 Å².